The van der Waals surface area contributed by atoms with E-state index < -0.39 is 10.0 Å². The molecule has 34 heavy (non-hydrogen) atoms. The number of ether oxygens (including phenoxy) is 2. The monoisotopic (exact) mass is 486 g/mol. The number of hydrogen-bond acceptors (Lipinski definition) is 5. The Balaban J connectivity index is 1.75. The van der Waals surface area contributed by atoms with Gasteiger partial charge in [-0.15, -0.1) is 0 Å². The summed E-state index contributed by atoms with van der Waals surface area (Å²) in [6.07, 6.45) is 2.70. The molecule has 184 valence electrons. The fraction of sp³-hybridized carbons (Fsp3) is 0.500. The third kappa shape index (κ3) is 4.41. The molecule has 0 aliphatic carbocycles. The largest absolute Gasteiger partial charge is 0.495 e. The van der Waals surface area contributed by atoms with Gasteiger partial charge in [0.1, 0.15) is 16.4 Å². The van der Waals surface area contributed by atoms with Crippen LogP contribution in [0.25, 0.3) is 0 Å². The van der Waals surface area contributed by atoms with E-state index in [1.165, 1.54) is 17.5 Å². The summed E-state index contributed by atoms with van der Waals surface area (Å²) in [4.78, 5) is 15.5. The molecule has 0 bridgehead atoms. The van der Waals surface area contributed by atoms with Crippen molar-refractivity contribution in [3.8, 4) is 11.5 Å². The van der Waals surface area contributed by atoms with Gasteiger partial charge in [0.05, 0.1) is 19.9 Å². The van der Waals surface area contributed by atoms with E-state index in [4.69, 9.17) is 9.47 Å². The third-order valence-electron chi connectivity index (χ3n) is 6.89. The van der Waals surface area contributed by atoms with E-state index in [0.717, 1.165) is 36.1 Å². The molecule has 1 saturated heterocycles. The Bertz CT molecular complexity index is 1180. The van der Waals surface area contributed by atoms with E-state index in [1.807, 2.05) is 19.1 Å². The Hall–Kier alpha value is -2.58. The van der Waals surface area contributed by atoms with Crippen LogP contribution in [0.3, 0.4) is 0 Å². The number of anilines is 1. The number of benzene rings is 2. The summed E-state index contributed by atoms with van der Waals surface area (Å²) in [6, 6.07) is 8.57. The van der Waals surface area contributed by atoms with Crippen LogP contribution in [-0.2, 0) is 16.4 Å². The van der Waals surface area contributed by atoms with Gasteiger partial charge in [0, 0.05) is 25.2 Å². The minimum absolute atomic E-state index is 0.0376. The molecule has 1 amide bonds. The molecule has 0 N–H and O–H groups in total. The normalized spacial score (nSPS) is 21.1. The maximum absolute atomic E-state index is 13.7. The van der Waals surface area contributed by atoms with Gasteiger partial charge in [-0.1, -0.05) is 19.9 Å². The molecule has 2 aliphatic rings. The van der Waals surface area contributed by atoms with Crippen LogP contribution in [0, 0.1) is 18.8 Å². The highest BCUT2D eigenvalue weighted by molar-refractivity contribution is 7.89. The standard InChI is InChI=1S/C26H34N2O5S/c1-17-13-18(2)16-27(15-17)34(30,31)24-14-20(9-11-22(24)32-4)26(29)28-12-6-7-21-19(3)8-10-23(33-5)25(21)28/h8-11,14,17-18H,6-7,12-13,15-16H2,1-5H3. The first-order valence-electron chi connectivity index (χ1n) is 11.8. The maximum atomic E-state index is 13.7. The number of fused-ring (bicyclic) bond motifs is 1. The number of carbonyl (C=O) groups is 1. The Kier molecular flexibility index (Phi) is 6.92. The lowest BCUT2D eigenvalue weighted by atomic mass is 9.94. The average molecular weight is 487 g/mol. The summed E-state index contributed by atoms with van der Waals surface area (Å²) >= 11 is 0. The minimum Gasteiger partial charge on any atom is -0.495 e. The number of nitrogens with zero attached hydrogens (tertiary/aromatic N) is 2. The zero-order chi connectivity index (χ0) is 24.6. The summed E-state index contributed by atoms with van der Waals surface area (Å²) in [7, 11) is -0.776. The second-order valence-corrected chi connectivity index (χ2v) is 11.5. The van der Waals surface area contributed by atoms with Crippen LogP contribution in [-0.4, -0.2) is 52.5 Å². The van der Waals surface area contributed by atoms with E-state index in [2.05, 4.69) is 13.8 Å². The molecule has 0 saturated carbocycles. The molecule has 2 unspecified atom stereocenters. The number of sulfonamides is 1. The zero-order valence-corrected chi connectivity index (χ0v) is 21.4. The molecule has 0 spiro atoms. The quantitative estimate of drug-likeness (QED) is 0.631. The highest BCUT2D eigenvalue weighted by atomic mass is 32.2. The van der Waals surface area contributed by atoms with Gasteiger partial charge in [-0.2, -0.15) is 4.31 Å². The van der Waals surface area contributed by atoms with Crippen LogP contribution >= 0.6 is 0 Å². The van der Waals surface area contributed by atoms with Gasteiger partial charge in [0.2, 0.25) is 10.0 Å². The van der Waals surface area contributed by atoms with E-state index in [-0.39, 0.29) is 28.4 Å². The summed E-state index contributed by atoms with van der Waals surface area (Å²) in [5.74, 6) is 1.19. The fourth-order valence-electron chi connectivity index (χ4n) is 5.33. The van der Waals surface area contributed by atoms with Gasteiger partial charge in [-0.25, -0.2) is 8.42 Å². The highest BCUT2D eigenvalue weighted by Crippen LogP contribution is 2.39. The van der Waals surface area contributed by atoms with Crippen LogP contribution in [0.4, 0.5) is 5.69 Å². The predicted molar refractivity (Wildman–Crippen MR) is 132 cm³/mol. The smallest absolute Gasteiger partial charge is 0.258 e. The second kappa shape index (κ2) is 9.58. The number of hydrogen-bond donors (Lipinski definition) is 0. The summed E-state index contributed by atoms with van der Waals surface area (Å²) in [5.41, 5.74) is 3.29. The Morgan fingerprint density at radius 2 is 1.65 bits per heavy atom. The van der Waals surface area contributed by atoms with Crippen LogP contribution in [0.1, 0.15) is 48.2 Å². The molecular formula is C26H34N2O5S. The summed E-state index contributed by atoms with van der Waals surface area (Å²) in [6.45, 7) is 7.64. The van der Waals surface area contributed by atoms with Gasteiger partial charge >= 0.3 is 0 Å². The van der Waals surface area contributed by atoms with Crippen LogP contribution in [0.2, 0.25) is 0 Å². The minimum atomic E-state index is -3.82. The molecule has 0 aromatic heterocycles. The van der Waals surface area contributed by atoms with Crippen molar-refractivity contribution in [3.63, 3.8) is 0 Å². The molecule has 2 heterocycles. The van der Waals surface area contributed by atoms with Crippen molar-refractivity contribution in [3.05, 3.63) is 47.0 Å². The topological polar surface area (TPSA) is 76.1 Å². The molecule has 1 fully saturated rings. The molecule has 2 atom stereocenters. The van der Waals surface area contributed by atoms with Gasteiger partial charge in [-0.05, 0) is 73.4 Å². The Morgan fingerprint density at radius 3 is 2.29 bits per heavy atom. The predicted octanol–water partition coefficient (Wildman–Crippen LogP) is 4.27. The summed E-state index contributed by atoms with van der Waals surface area (Å²) < 4.78 is 39.8. The molecule has 2 aliphatic heterocycles. The lowest BCUT2D eigenvalue weighted by Gasteiger charge is -2.34. The van der Waals surface area contributed by atoms with E-state index in [0.29, 0.717) is 30.9 Å². The van der Waals surface area contributed by atoms with Crippen molar-refractivity contribution < 1.29 is 22.7 Å². The second-order valence-electron chi connectivity index (χ2n) is 9.61. The van der Waals surface area contributed by atoms with Gasteiger partial charge in [0.15, 0.2) is 0 Å². The van der Waals surface area contributed by atoms with Crippen molar-refractivity contribution >= 4 is 21.6 Å². The van der Waals surface area contributed by atoms with Crippen LogP contribution in [0.5, 0.6) is 11.5 Å². The van der Waals surface area contributed by atoms with Crippen molar-refractivity contribution in [1.29, 1.82) is 0 Å². The van der Waals surface area contributed by atoms with Gasteiger partial charge in [-0.3, -0.25) is 4.79 Å². The highest BCUT2D eigenvalue weighted by Gasteiger charge is 2.35. The SMILES string of the molecule is COc1ccc(C(=O)N2CCCc3c(C)ccc(OC)c32)cc1S(=O)(=O)N1CC(C)CC(C)C1. The van der Waals surface area contributed by atoms with E-state index in [1.54, 1.807) is 24.1 Å². The third-order valence-corrected chi connectivity index (χ3v) is 8.74. The molecule has 8 heteroatoms. The van der Waals surface area contributed by atoms with Gasteiger partial charge < -0.3 is 14.4 Å². The molecule has 7 nitrogen and oxygen atoms in total. The number of aryl methyl sites for hydroxylation is 1. The van der Waals surface area contributed by atoms with Crippen molar-refractivity contribution in [1.82, 2.24) is 4.31 Å². The maximum Gasteiger partial charge on any atom is 0.258 e. The number of methoxy groups -OCH3 is 2. The van der Waals surface area contributed by atoms with E-state index in [9.17, 15) is 13.2 Å². The van der Waals surface area contributed by atoms with Crippen LogP contribution < -0.4 is 14.4 Å². The molecule has 0 radical (unpaired) electrons. The zero-order valence-electron chi connectivity index (χ0n) is 20.6. The lowest BCUT2D eigenvalue weighted by molar-refractivity contribution is 0.0984. The first kappa shape index (κ1) is 24.5. The average Bonchev–Trinajstić information content (AvgIpc) is 2.82. The first-order chi connectivity index (χ1) is 16.2. The van der Waals surface area contributed by atoms with Crippen molar-refractivity contribution in [2.45, 2.75) is 44.9 Å². The first-order valence-corrected chi connectivity index (χ1v) is 13.3. The van der Waals surface area contributed by atoms with Crippen LogP contribution in [0.15, 0.2) is 35.2 Å². The Labute approximate surface area is 202 Å². The molecular weight excluding hydrogens is 452 g/mol. The summed E-state index contributed by atoms with van der Waals surface area (Å²) in [5, 5.41) is 0. The molecule has 2 aromatic carbocycles. The fourth-order valence-corrected chi connectivity index (χ4v) is 7.19. The number of piperidine rings is 1. The number of rotatable bonds is 5. The Morgan fingerprint density at radius 1 is 1.00 bits per heavy atom. The molecule has 2 aromatic rings. The van der Waals surface area contributed by atoms with Gasteiger partial charge in [0.25, 0.3) is 5.91 Å². The number of carbonyl (C=O) groups excluding carboxylic acids is 1. The van der Waals surface area contributed by atoms with E-state index >= 15 is 0 Å². The molecule has 4 rings (SSSR count). The van der Waals surface area contributed by atoms with Crippen molar-refractivity contribution in [2.24, 2.45) is 11.8 Å². The lowest BCUT2D eigenvalue weighted by Crippen LogP contribution is -2.42. The van der Waals surface area contributed by atoms with Crippen molar-refractivity contribution in [2.75, 3.05) is 38.8 Å². The number of amides is 1.